The second-order valence-electron chi connectivity index (χ2n) is 5.69. The molecule has 0 saturated heterocycles. The highest BCUT2D eigenvalue weighted by Crippen LogP contribution is 2.35. The van der Waals surface area contributed by atoms with Crippen molar-refractivity contribution in [3.8, 4) is 10.4 Å². The van der Waals surface area contributed by atoms with E-state index in [1.165, 1.54) is 6.33 Å². The highest BCUT2D eigenvalue weighted by molar-refractivity contribution is 7.21. The number of hydrogen-bond donors (Lipinski definition) is 2. The quantitative estimate of drug-likeness (QED) is 0.754. The zero-order valence-electron chi connectivity index (χ0n) is 13.0. The van der Waals surface area contributed by atoms with Crippen LogP contribution in [-0.4, -0.2) is 21.9 Å². The second-order valence-corrected chi connectivity index (χ2v) is 6.72. The van der Waals surface area contributed by atoms with Gasteiger partial charge in [0.15, 0.2) is 0 Å². The summed E-state index contributed by atoms with van der Waals surface area (Å²) in [5.41, 5.74) is 6.62. The number of fused-ring (bicyclic) bond motifs is 1. The van der Waals surface area contributed by atoms with Crippen molar-refractivity contribution in [1.29, 1.82) is 0 Å². The van der Waals surface area contributed by atoms with Gasteiger partial charge in [0.1, 0.15) is 23.0 Å². The zero-order valence-corrected chi connectivity index (χ0v) is 13.8. The van der Waals surface area contributed by atoms with Gasteiger partial charge in [-0.25, -0.2) is 9.97 Å². The zero-order chi connectivity index (χ0) is 16.4. The number of carbonyl (C=O) groups is 1. The van der Waals surface area contributed by atoms with Crippen LogP contribution in [0.4, 0.5) is 5.82 Å². The Morgan fingerprint density at radius 3 is 2.61 bits per heavy atom. The summed E-state index contributed by atoms with van der Waals surface area (Å²) in [5, 5.41) is 4.07. The van der Waals surface area contributed by atoms with Crippen molar-refractivity contribution in [3.05, 3.63) is 42.7 Å². The number of benzene rings is 1. The first-order valence-corrected chi connectivity index (χ1v) is 8.23. The molecule has 1 atom stereocenters. The lowest BCUT2D eigenvalue weighted by Gasteiger charge is -2.19. The maximum Gasteiger partial charge on any atom is 0.240 e. The molecule has 1 amide bonds. The van der Waals surface area contributed by atoms with Gasteiger partial charge >= 0.3 is 0 Å². The van der Waals surface area contributed by atoms with Gasteiger partial charge in [0, 0.05) is 4.88 Å². The molecule has 0 radical (unpaired) electrons. The van der Waals surface area contributed by atoms with Crippen molar-refractivity contribution in [2.24, 2.45) is 11.7 Å². The number of nitrogens with one attached hydrogen (secondary N) is 1. The first-order valence-electron chi connectivity index (χ1n) is 7.42. The topological polar surface area (TPSA) is 80.9 Å². The molecule has 0 fully saturated rings. The fraction of sp³-hybridized carbons (Fsp3) is 0.235. The first kappa shape index (κ1) is 15.4. The molecule has 5 nitrogen and oxygen atoms in total. The Bertz CT molecular complexity index is 829. The average Bonchev–Trinajstić information content (AvgIpc) is 2.97. The van der Waals surface area contributed by atoms with E-state index < -0.39 is 6.04 Å². The fourth-order valence-corrected chi connectivity index (χ4v) is 3.43. The molecular weight excluding hydrogens is 308 g/mol. The van der Waals surface area contributed by atoms with Gasteiger partial charge in [-0.15, -0.1) is 11.3 Å². The van der Waals surface area contributed by atoms with Crippen molar-refractivity contribution in [2.75, 3.05) is 5.32 Å². The number of carbonyl (C=O) groups excluding carboxylic acids is 1. The molecule has 6 heteroatoms. The number of aromatic nitrogens is 2. The number of anilines is 1. The van der Waals surface area contributed by atoms with Crippen molar-refractivity contribution in [3.63, 3.8) is 0 Å². The number of nitrogens with two attached hydrogens (primary N) is 1. The van der Waals surface area contributed by atoms with Crippen molar-refractivity contribution >= 4 is 33.3 Å². The van der Waals surface area contributed by atoms with Crippen LogP contribution in [0.15, 0.2) is 42.7 Å². The van der Waals surface area contributed by atoms with Gasteiger partial charge in [0.25, 0.3) is 0 Å². The van der Waals surface area contributed by atoms with E-state index in [4.69, 9.17) is 5.73 Å². The fourth-order valence-electron chi connectivity index (χ4n) is 2.43. The number of nitrogens with zero attached hydrogens (tertiary/aromatic N) is 2. The summed E-state index contributed by atoms with van der Waals surface area (Å²) >= 11 is 1.60. The summed E-state index contributed by atoms with van der Waals surface area (Å²) in [7, 11) is 0. The molecule has 0 aliphatic heterocycles. The SMILES string of the molecule is CC(C)[C@H](Nc1ncnc2sc(-c3ccccc3)cc12)C(N)=O. The van der Waals surface area contributed by atoms with Crippen molar-refractivity contribution in [1.82, 2.24) is 9.97 Å². The number of thiophene rings is 1. The van der Waals surface area contributed by atoms with Gasteiger partial charge in [-0.05, 0) is 17.5 Å². The van der Waals surface area contributed by atoms with E-state index in [-0.39, 0.29) is 11.8 Å². The molecule has 0 bridgehead atoms. The van der Waals surface area contributed by atoms with E-state index in [1.807, 2.05) is 32.0 Å². The van der Waals surface area contributed by atoms with E-state index in [0.29, 0.717) is 5.82 Å². The Hall–Kier alpha value is -2.47. The summed E-state index contributed by atoms with van der Waals surface area (Å²) in [5.74, 6) is 0.334. The number of amides is 1. The van der Waals surface area contributed by atoms with Crippen molar-refractivity contribution in [2.45, 2.75) is 19.9 Å². The smallest absolute Gasteiger partial charge is 0.240 e. The molecule has 2 heterocycles. The standard InChI is InChI=1S/C17H18N4OS/c1-10(2)14(15(18)22)21-16-12-8-13(11-6-4-3-5-7-11)23-17(12)20-9-19-16/h3-10,14H,1-2H3,(H2,18,22)(H,19,20,21)/t14-/m0/s1. The Labute approximate surface area is 138 Å². The first-order chi connectivity index (χ1) is 11.1. The summed E-state index contributed by atoms with van der Waals surface area (Å²) in [4.78, 5) is 22.3. The number of primary amides is 1. The van der Waals surface area contributed by atoms with Gasteiger partial charge in [-0.1, -0.05) is 44.2 Å². The highest BCUT2D eigenvalue weighted by atomic mass is 32.1. The van der Waals surface area contributed by atoms with E-state index in [9.17, 15) is 4.79 Å². The maximum absolute atomic E-state index is 11.6. The third-order valence-corrected chi connectivity index (χ3v) is 4.75. The third-order valence-electron chi connectivity index (χ3n) is 3.65. The molecule has 3 N–H and O–H groups in total. The van der Waals surface area contributed by atoms with Crippen LogP contribution in [0, 0.1) is 5.92 Å². The molecule has 0 spiro atoms. The largest absolute Gasteiger partial charge is 0.368 e. The van der Waals surface area contributed by atoms with Crippen LogP contribution < -0.4 is 11.1 Å². The molecule has 23 heavy (non-hydrogen) atoms. The average molecular weight is 326 g/mol. The van der Waals surface area contributed by atoms with Crippen LogP contribution in [0.3, 0.4) is 0 Å². The summed E-state index contributed by atoms with van der Waals surface area (Å²) in [6.07, 6.45) is 1.51. The lowest BCUT2D eigenvalue weighted by atomic mass is 10.0. The van der Waals surface area contributed by atoms with Crippen LogP contribution in [0.5, 0.6) is 0 Å². The van der Waals surface area contributed by atoms with Crippen LogP contribution in [-0.2, 0) is 4.79 Å². The van der Waals surface area contributed by atoms with Gasteiger partial charge in [-0.3, -0.25) is 4.79 Å². The molecule has 118 valence electrons. The van der Waals surface area contributed by atoms with E-state index in [1.54, 1.807) is 11.3 Å². The van der Waals surface area contributed by atoms with Crippen molar-refractivity contribution < 1.29 is 4.79 Å². The summed E-state index contributed by atoms with van der Waals surface area (Å²) < 4.78 is 0. The van der Waals surface area contributed by atoms with Crippen LogP contribution in [0.25, 0.3) is 20.7 Å². The molecule has 1 aromatic carbocycles. The van der Waals surface area contributed by atoms with Gasteiger partial charge in [-0.2, -0.15) is 0 Å². The Kier molecular flexibility index (Phi) is 4.25. The minimum absolute atomic E-state index is 0.0738. The summed E-state index contributed by atoms with van der Waals surface area (Å²) in [6, 6.07) is 11.7. The minimum atomic E-state index is -0.465. The molecule has 0 saturated carbocycles. The monoisotopic (exact) mass is 326 g/mol. The molecule has 2 aromatic heterocycles. The Balaban J connectivity index is 2.02. The van der Waals surface area contributed by atoms with Crippen LogP contribution in [0.1, 0.15) is 13.8 Å². The Morgan fingerprint density at radius 1 is 1.22 bits per heavy atom. The molecule has 0 unspecified atom stereocenters. The molecule has 0 aliphatic carbocycles. The predicted molar refractivity (Wildman–Crippen MR) is 94.3 cm³/mol. The maximum atomic E-state index is 11.6. The normalized spacial score (nSPS) is 12.5. The minimum Gasteiger partial charge on any atom is -0.368 e. The Morgan fingerprint density at radius 2 is 1.96 bits per heavy atom. The summed E-state index contributed by atoms with van der Waals surface area (Å²) in [6.45, 7) is 3.90. The number of rotatable bonds is 5. The van der Waals surface area contributed by atoms with E-state index in [2.05, 4.69) is 33.5 Å². The third kappa shape index (κ3) is 3.17. The van der Waals surface area contributed by atoms with Crippen LogP contribution >= 0.6 is 11.3 Å². The van der Waals surface area contributed by atoms with E-state index in [0.717, 1.165) is 20.7 Å². The highest BCUT2D eigenvalue weighted by Gasteiger charge is 2.21. The van der Waals surface area contributed by atoms with Gasteiger partial charge in [0.2, 0.25) is 5.91 Å². The molecule has 3 aromatic rings. The van der Waals surface area contributed by atoms with Gasteiger partial charge < -0.3 is 11.1 Å². The van der Waals surface area contributed by atoms with E-state index >= 15 is 0 Å². The van der Waals surface area contributed by atoms with Gasteiger partial charge in [0.05, 0.1) is 5.39 Å². The lowest BCUT2D eigenvalue weighted by molar-refractivity contribution is -0.119. The molecular formula is C17H18N4OS. The van der Waals surface area contributed by atoms with Crippen LogP contribution in [0.2, 0.25) is 0 Å². The lowest BCUT2D eigenvalue weighted by Crippen LogP contribution is -2.39. The molecule has 3 rings (SSSR count). The number of hydrogen-bond acceptors (Lipinski definition) is 5. The second kappa shape index (κ2) is 6.34. The molecule has 0 aliphatic rings. The predicted octanol–water partition coefficient (Wildman–Crippen LogP) is 3.28.